The van der Waals surface area contributed by atoms with Gasteiger partial charge in [-0.3, -0.25) is 9.48 Å². The third kappa shape index (κ3) is 3.93. The predicted octanol–water partition coefficient (Wildman–Crippen LogP) is 1.30. The first kappa shape index (κ1) is 16.9. The molecular formula is C16H17F2N5O2. The summed E-state index contributed by atoms with van der Waals surface area (Å²) >= 11 is 0. The van der Waals surface area contributed by atoms with Gasteiger partial charge >= 0.3 is 6.03 Å². The highest BCUT2D eigenvalue weighted by molar-refractivity contribution is 6.01. The second kappa shape index (κ2) is 6.88. The molecule has 1 aromatic carbocycles. The summed E-state index contributed by atoms with van der Waals surface area (Å²) in [6, 6.07) is 1.80. The number of nitrogens with one attached hydrogen (secondary N) is 2. The second-order valence-corrected chi connectivity index (χ2v) is 5.81. The minimum Gasteiger partial charge on any atom is -0.334 e. The van der Waals surface area contributed by atoms with Gasteiger partial charge in [-0.25, -0.2) is 13.6 Å². The lowest BCUT2D eigenvalue weighted by Crippen LogP contribution is -2.45. The van der Waals surface area contributed by atoms with Gasteiger partial charge < -0.3 is 15.5 Å². The topological polar surface area (TPSA) is 79.3 Å². The SMILES string of the molecule is Cn1cc(N2CC[C@H](NC(=O)NCc3cc(F)cc(F)c3)C2=O)cn1. The molecule has 0 unspecified atom stereocenters. The number of carbonyl (C=O) groups excluding carboxylic acids is 2. The molecule has 132 valence electrons. The molecule has 1 fully saturated rings. The Balaban J connectivity index is 1.54. The summed E-state index contributed by atoms with van der Waals surface area (Å²) in [6.45, 7) is 0.429. The highest BCUT2D eigenvalue weighted by atomic mass is 19.1. The maximum Gasteiger partial charge on any atom is 0.315 e. The molecule has 0 spiro atoms. The molecule has 0 bridgehead atoms. The van der Waals surface area contributed by atoms with Crippen LogP contribution in [0, 0.1) is 11.6 Å². The maximum atomic E-state index is 13.1. The van der Waals surface area contributed by atoms with Crippen molar-refractivity contribution in [1.82, 2.24) is 20.4 Å². The van der Waals surface area contributed by atoms with Crippen LogP contribution in [-0.4, -0.2) is 34.3 Å². The number of carbonyl (C=O) groups is 2. The van der Waals surface area contributed by atoms with Crippen LogP contribution in [0.3, 0.4) is 0 Å². The number of benzene rings is 1. The van der Waals surface area contributed by atoms with Crippen LogP contribution in [0.1, 0.15) is 12.0 Å². The number of hydrogen-bond donors (Lipinski definition) is 2. The standard InChI is InChI=1S/C16H17F2N5O2/c1-22-9-13(8-20-22)23-3-2-14(15(23)24)21-16(25)19-7-10-4-11(17)6-12(18)5-10/h4-6,8-9,14H,2-3,7H2,1H3,(H2,19,21,25)/t14-/m0/s1. The largest absolute Gasteiger partial charge is 0.334 e. The molecule has 1 aromatic heterocycles. The molecule has 1 aliphatic heterocycles. The van der Waals surface area contributed by atoms with Crippen LogP contribution in [0.4, 0.5) is 19.3 Å². The van der Waals surface area contributed by atoms with E-state index in [0.717, 1.165) is 18.2 Å². The number of rotatable bonds is 4. The maximum absolute atomic E-state index is 13.1. The lowest BCUT2D eigenvalue weighted by Gasteiger charge is -2.15. The van der Waals surface area contributed by atoms with Gasteiger partial charge in [0.25, 0.3) is 0 Å². The molecule has 0 saturated carbocycles. The fourth-order valence-electron chi connectivity index (χ4n) is 2.72. The van der Waals surface area contributed by atoms with Crippen molar-refractivity contribution in [2.45, 2.75) is 19.0 Å². The molecule has 2 aromatic rings. The smallest absolute Gasteiger partial charge is 0.315 e. The van der Waals surface area contributed by atoms with Gasteiger partial charge in [0.15, 0.2) is 0 Å². The summed E-state index contributed by atoms with van der Waals surface area (Å²) in [5.74, 6) is -1.65. The minimum atomic E-state index is -0.713. The van der Waals surface area contributed by atoms with Crippen molar-refractivity contribution in [2.24, 2.45) is 7.05 Å². The average molecular weight is 349 g/mol. The van der Waals surface area contributed by atoms with Gasteiger partial charge in [-0.05, 0) is 24.1 Å². The number of nitrogens with zero attached hydrogens (tertiary/aromatic N) is 3. The fourth-order valence-corrected chi connectivity index (χ4v) is 2.72. The van der Waals surface area contributed by atoms with Gasteiger partial charge in [-0.15, -0.1) is 0 Å². The van der Waals surface area contributed by atoms with Gasteiger partial charge in [0.2, 0.25) is 5.91 Å². The Labute approximate surface area is 142 Å². The van der Waals surface area contributed by atoms with Crippen LogP contribution in [-0.2, 0) is 18.4 Å². The molecule has 1 saturated heterocycles. The number of halogens is 2. The zero-order valence-corrected chi connectivity index (χ0v) is 13.5. The van der Waals surface area contributed by atoms with Crippen molar-refractivity contribution in [3.05, 3.63) is 47.8 Å². The number of aromatic nitrogens is 2. The van der Waals surface area contributed by atoms with Crippen molar-refractivity contribution < 1.29 is 18.4 Å². The molecule has 3 amide bonds. The van der Waals surface area contributed by atoms with Gasteiger partial charge in [-0.2, -0.15) is 5.10 Å². The lowest BCUT2D eigenvalue weighted by molar-refractivity contribution is -0.118. The van der Waals surface area contributed by atoms with Crippen molar-refractivity contribution >= 4 is 17.6 Å². The van der Waals surface area contributed by atoms with Crippen LogP contribution in [0.25, 0.3) is 0 Å². The van der Waals surface area contributed by atoms with Crippen LogP contribution in [0.15, 0.2) is 30.6 Å². The molecule has 2 N–H and O–H groups in total. The summed E-state index contributed by atoms with van der Waals surface area (Å²) in [4.78, 5) is 25.9. The Morgan fingerprint density at radius 1 is 1.32 bits per heavy atom. The van der Waals surface area contributed by atoms with E-state index in [1.54, 1.807) is 29.0 Å². The number of anilines is 1. The van der Waals surface area contributed by atoms with E-state index >= 15 is 0 Å². The number of amides is 3. The Bertz CT molecular complexity index is 787. The zero-order valence-electron chi connectivity index (χ0n) is 13.5. The van der Waals surface area contributed by atoms with E-state index in [1.807, 2.05) is 0 Å². The molecule has 2 heterocycles. The zero-order chi connectivity index (χ0) is 18.0. The molecule has 0 aliphatic carbocycles. The molecule has 0 radical (unpaired) electrons. The Morgan fingerprint density at radius 3 is 2.68 bits per heavy atom. The highest BCUT2D eigenvalue weighted by Crippen LogP contribution is 2.20. The quantitative estimate of drug-likeness (QED) is 0.873. The van der Waals surface area contributed by atoms with Gasteiger partial charge in [0, 0.05) is 32.4 Å². The normalized spacial score (nSPS) is 17.0. The van der Waals surface area contributed by atoms with Crippen LogP contribution in [0.5, 0.6) is 0 Å². The van der Waals surface area contributed by atoms with E-state index < -0.39 is 23.7 Å². The van der Waals surface area contributed by atoms with Gasteiger partial charge in [0.05, 0.1) is 11.9 Å². The van der Waals surface area contributed by atoms with Crippen LogP contribution < -0.4 is 15.5 Å². The molecule has 9 heteroatoms. The summed E-state index contributed by atoms with van der Waals surface area (Å²) in [5.41, 5.74) is 0.967. The van der Waals surface area contributed by atoms with E-state index in [0.29, 0.717) is 24.2 Å². The lowest BCUT2D eigenvalue weighted by atomic mass is 10.2. The predicted molar refractivity (Wildman–Crippen MR) is 85.7 cm³/mol. The summed E-state index contributed by atoms with van der Waals surface area (Å²) in [6.07, 6.45) is 3.77. The van der Waals surface area contributed by atoms with Crippen molar-refractivity contribution in [1.29, 1.82) is 0 Å². The first-order chi connectivity index (χ1) is 11.9. The van der Waals surface area contributed by atoms with E-state index in [2.05, 4.69) is 15.7 Å². The van der Waals surface area contributed by atoms with E-state index in [1.165, 1.54) is 0 Å². The first-order valence-electron chi connectivity index (χ1n) is 7.72. The summed E-state index contributed by atoms with van der Waals surface area (Å²) < 4.78 is 27.8. The third-order valence-corrected chi connectivity index (χ3v) is 3.89. The fraction of sp³-hybridized carbons (Fsp3) is 0.312. The molecule has 25 heavy (non-hydrogen) atoms. The minimum absolute atomic E-state index is 0.0479. The number of urea groups is 1. The van der Waals surface area contributed by atoms with Crippen molar-refractivity contribution in [3.63, 3.8) is 0 Å². The Kier molecular flexibility index (Phi) is 4.64. The van der Waals surface area contributed by atoms with E-state index in [4.69, 9.17) is 0 Å². The Morgan fingerprint density at radius 2 is 2.04 bits per heavy atom. The number of aryl methyl sites for hydroxylation is 1. The van der Waals surface area contributed by atoms with E-state index in [9.17, 15) is 18.4 Å². The van der Waals surface area contributed by atoms with Gasteiger partial charge in [-0.1, -0.05) is 0 Å². The number of hydrogen-bond acceptors (Lipinski definition) is 3. The molecule has 7 nitrogen and oxygen atoms in total. The monoisotopic (exact) mass is 349 g/mol. The summed E-state index contributed by atoms with van der Waals surface area (Å²) in [7, 11) is 1.75. The molecule has 3 rings (SSSR count). The van der Waals surface area contributed by atoms with Crippen LogP contribution in [0.2, 0.25) is 0 Å². The first-order valence-corrected chi connectivity index (χ1v) is 7.72. The average Bonchev–Trinajstić information content (AvgIpc) is 3.11. The van der Waals surface area contributed by atoms with E-state index in [-0.39, 0.29) is 12.5 Å². The molecular weight excluding hydrogens is 332 g/mol. The highest BCUT2D eigenvalue weighted by Gasteiger charge is 2.34. The summed E-state index contributed by atoms with van der Waals surface area (Å²) in [5, 5.41) is 9.09. The van der Waals surface area contributed by atoms with Crippen LogP contribution >= 0.6 is 0 Å². The third-order valence-electron chi connectivity index (χ3n) is 3.89. The second-order valence-electron chi connectivity index (χ2n) is 5.81. The van der Waals surface area contributed by atoms with Gasteiger partial charge in [0.1, 0.15) is 17.7 Å². The van der Waals surface area contributed by atoms with Crippen molar-refractivity contribution in [2.75, 3.05) is 11.4 Å². The van der Waals surface area contributed by atoms with Crippen molar-refractivity contribution in [3.8, 4) is 0 Å². The Hall–Kier alpha value is -2.97. The molecule has 1 aliphatic rings. The molecule has 1 atom stereocenters.